The lowest BCUT2D eigenvalue weighted by Crippen LogP contribution is -2.45. The van der Waals surface area contributed by atoms with E-state index < -0.39 is 47.4 Å². The van der Waals surface area contributed by atoms with Gasteiger partial charge >= 0.3 is 24.1 Å². The van der Waals surface area contributed by atoms with E-state index in [2.05, 4.69) is 30.3 Å². The van der Waals surface area contributed by atoms with Gasteiger partial charge in [0.25, 0.3) is 0 Å². The lowest BCUT2D eigenvalue weighted by atomic mass is 10.1. The summed E-state index contributed by atoms with van der Waals surface area (Å²) in [5.74, 6) is -1.04. The number of carbonyl (C=O) groups excluding carboxylic acids is 4. The summed E-state index contributed by atoms with van der Waals surface area (Å²) >= 11 is 1.99. The molecule has 1 rings (SSSR count). The average molecular weight is 610 g/mol. The molecule has 0 aliphatic heterocycles. The molecule has 2 N–H and O–H groups in total. The summed E-state index contributed by atoms with van der Waals surface area (Å²) in [6.45, 7) is 10.5. The Balaban J connectivity index is 0.000000691. The Morgan fingerprint density at radius 1 is 0.886 bits per heavy atom. The molecule has 2 atom stereocenters. The van der Waals surface area contributed by atoms with Gasteiger partial charge < -0.3 is 29.6 Å². The van der Waals surface area contributed by atoms with E-state index in [4.69, 9.17) is 9.47 Å². The van der Waals surface area contributed by atoms with E-state index in [0.29, 0.717) is 10.1 Å². The number of nitrogens with zero attached hydrogens (tertiary/aromatic N) is 2. The van der Waals surface area contributed by atoms with Crippen LogP contribution in [0.1, 0.15) is 47.2 Å². The normalized spacial score (nSPS) is 12.6. The minimum Gasteiger partial charge on any atom is -0.467 e. The fourth-order valence-electron chi connectivity index (χ4n) is 2.19. The molecule has 0 saturated carbocycles. The van der Waals surface area contributed by atoms with E-state index in [9.17, 15) is 19.2 Å². The Kier molecular flexibility index (Phi) is 14.1. The second-order valence-electron chi connectivity index (χ2n) is 9.02. The minimum absolute atomic E-state index is 0.180. The van der Waals surface area contributed by atoms with E-state index in [1.165, 1.54) is 20.4 Å². The summed E-state index contributed by atoms with van der Waals surface area (Å²) in [7, 11) is 2.53. The molecule has 0 saturated heterocycles. The number of halogens is 1. The summed E-state index contributed by atoms with van der Waals surface area (Å²) in [5, 5.41) is 12.5. The zero-order chi connectivity index (χ0) is 27.2. The van der Waals surface area contributed by atoms with Gasteiger partial charge in [-0.05, 0) is 53.7 Å². The maximum atomic E-state index is 11.7. The maximum absolute atomic E-state index is 11.7. The zero-order valence-corrected chi connectivity index (χ0v) is 23.5. The highest BCUT2D eigenvalue weighted by Gasteiger charge is 2.26. The van der Waals surface area contributed by atoms with E-state index in [1.807, 2.05) is 22.6 Å². The Morgan fingerprint density at radius 2 is 1.34 bits per heavy atom. The monoisotopic (exact) mass is 610 g/mol. The van der Waals surface area contributed by atoms with Gasteiger partial charge in [-0.3, -0.25) is 0 Å². The Labute approximate surface area is 219 Å². The first-order valence-electron chi connectivity index (χ1n) is 10.6. The number of rotatable bonds is 7. The topological polar surface area (TPSA) is 155 Å². The standard InChI is InChI=1S/C13H19N3O4.C9H16INO4/c1-13(2,3)20-12(18)15-10(11(17)19-4)8-9-6-5-7-14-16-9;1-9(2,3)15-8(13)11-6(5-10)7(12)14-4/h5-7,10H,8H2,1-4H3,(H,15,18);6H,5H2,1-4H3,(H,11,13)/t10-;6-/m11/s1. The van der Waals surface area contributed by atoms with Crippen LogP contribution in [0.2, 0.25) is 0 Å². The molecule has 198 valence electrons. The molecule has 1 aromatic rings. The first kappa shape index (κ1) is 32.3. The van der Waals surface area contributed by atoms with Crippen LogP contribution in [0.25, 0.3) is 0 Å². The highest BCUT2D eigenvalue weighted by molar-refractivity contribution is 14.1. The Morgan fingerprint density at radius 3 is 1.71 bits per heavy atom. The van der Waals surface area contributed by atoms with E-state index in [0.717, 1.165) is 0 Å². The van der Waals surface area contributed by atoms with E-state index >= 15 is 0 Å². The Bertz CT molecular complexity index is 825. The molecule has 12 nitrogen and oxygen atoms in total. The maximum Gasteiger partial charge on any atom is 0.408 e. The van der Waals surface area contributed by atoms with Crippen LogP contribution in [-0.4, -0.2) is 76.3 Å². The summed E-state index contributed by atoms with van der Waals surface area (Å²) in [6, 6.07) is 1.88. The largest absolute Gasteiger partial charge is 0.467 e. The van der Waals surface area contributed by atoms with Crippen LogP contribution < -0.4 is 10.6 Å². The lowest BCUT2D eigenvalue weighted by Gasteiger charge is -2.22. The second-order valence-corrected chi connectivity index (χ2v) is 9.90. The molecule has 0 aliphatic carbocycles. The SMILES string of the molecule is COC(=O)[C@@H](CI)NC(=O)OC(C)(C)C.COC(=O)[C@@H](Cc1cccnn1)NC(=O)OC(C)(C)C. The number of amides is 2. The number of aromatic nitrogens is 2. The van der Waals surface area contributed by atoms with Crippen molar-refractivity contribution in [1.82, 2.24) is 20.8 Å². The number of alkyl carbamates (subject to hydrolysis) is 2. The number of carbonyl (C=O) groups is 4. The molecule has 1 aromatic heterocycles. The van der Waals surface area contributed by atoms with Gasteiger partial charge in [0, 0.05) is 17.0 Å². The molecule has 35 heavy (non-hydrogen) atoms. The molecule has 1 heterocycles. The van der Waals surface area contributed by atoms with Crippen LogP contribution in [0, 0.1) is 0 Å². The van der Waals surface area contributed by atoms with Crippen molar-refractivity contribution in [2.24, 2.45) is 0 Å². The van der Waals surface area contributed by atoms with Gasteiger partial charge in [-0.25, -0.2) is 19.2 Å². The predicted octanol–water partition coefficient (Wildman–Crippen LogP) is 2.57. The Hall–Kier alpha value is -2.71. The quantitative estimate of drug-likeness (QED) is 0.204. The molecule has 0 fully saturated rings. The number of alkyl halides is 1. The number of nitrogens with one attached hydrogen (secondary N) is 2. The van der Waals surface area contributed by atoms with Gasteiger partial charge in [0.2, 0.25) is 0 Å². The first-order chi connectivity index (χ1) is 16.1. The van der Waals surface area contributed by atoms with Gasteiger partial charge in [-0.1, -0.05) is 22.6 Å². The highest BCUT2D eigenvalue weighted by atomic mass is 127. The van der Waals surface area contributed by atoms with E-state index in [1.54, 1.807) is 53.7 Å². The fourth-order valence-corrected chi connectivity index (χ4v) is 2.77. The third-order valence-electron chi connectivity index (χ3n) is 3.55. The van der Waals surface area contributed by atoms with Gasteiger partial charge in [0.1, 0.15) is 23.3 Å². The van der Waals surface area contributed by atoms with Crippen molar-refractivity contribution in [1.29, 1.82) is 0 Å². The summed E-state index contributed by atoms with van der Waals surface area (Å²) in [5.41, 5.74) is -0.646. The van der Waals surface area contributed by atoms with E-state index in [-0.39, 0.29) is 6.42 Å². The molecular formula is C22H35IN4O8. The molecule has 0 bridgehead atoms. The summed E-state index contributed by atoms with van der Waals surface area (Å²) in [4.78, 5) is 45.8. The number of ether oxygens (including phenoxy) is 4. The molecule has 0 radical (unpaired) electrons. The first-order valence-corrected chi connectivity index (χ1v) is 12.1. The van der Waals surface area contributed by atoms with Gasteiger partial charge in [-0.15, -0.1) is 0 Å². The predicted molar refractivity (Wildman–Crippen MR) is 135 cm³/mol. The van der Waals surface area contributed by atoms with Crippen molar-refractivity contribution >= 4 is 46.7 Å². The van der Waals surface area contributed by atoms with Crippen molar-refractivity contribution in [3.8, 4) is 0 Å². The van der Waals surface area contributed by atoms with Crippen LogP contribution in [0.3, 0.4) is 0 Å². The molecule has 13 heteroatoms. The van der Waals surface area contributed by atoms with Crippen LogP contribution in [-0.2, 0) is 35.0 Å². The average Bonchev–Trinajstić information content (AvgIpc) is 2.74. The highest BCUT2D eigenvalue weighted by Crippen LogP contribution is 2.09. The van der Waals surface area contributed by atoms with Crippen molar-refractivity contribution in [2.75, 3.05) is 18.6 Å². The smallest absolute Gasteiger partial charge is 0.408 e. The van der Waals surface area contributed by atoms with Crippen molar-refractivity contribution < 1.29 is 38.1 Å². The van der Waals surface area contributed by atoms with Crippen LogP contribution in [0.5, 0.6) is 0 Å². The fraction of sp³-hybridized carbons (Fsp3) is 0.636. The number of esters is 2. The molecule has 2 amide bonds. The summed E-state index contributed by atoms with van der Waals surface area (Å²) < 4.78 is 19.7. The molecule has 0 aromatic carbocycles. The third-order valence-corrected chi connectivity index (χ3v) is 4.43. The van der Waals surface area contributed by atoms with Gasteiger partial charge in [0.05, 0.1) is 19.9 Å². The number of methoxy groups -OCH3 is 2. The van der Waals surface area contributed by atoms with Gasteiger partial charge in [0.15, 0.2) is 0 Å². The third kappa shape index (κ3) is 15.7. The molecule has 0 aliphatic rings. The van der Waals surface area contributed by atoms with Crippen molar-refractivity contribution in [3.63, 3.8) is 0 Å². The van der Waals surface area contributed by atoms with Crippen LogP contribution in [0.15, 0.2) is 18.3 Å². The minimum atomic E-state index is -0.869. The second kappa shape index (κ2) is 15.3. The summed E-state index contributed by atoms with van der Waals surface area (Å²) in [6.07, 6.45) is 0.406. The van der Waals surface area contributed by atoms with Crippen molar-refractivity contribution in [3.05, 3.63) is 24.0 Å². The number of hydrogen-bond acceptors (Lipinski definition) is 10. The van der Waals surface area contributed by atoms with Crippen LogP contribution >= 0.6 is 22.6 Å². The number of hydrogen-bond donors (Lipinski definition) is 2. The molecular weight excluding hydrogens is 575 g/mol. The molecule has 0 unspecified atom stereocenters. The zero-order valence-electron chi connectivity index (χ0n) is 21.3. The van der Waals surface area contributed by atoms with Crippen LogP contribution in [0.4, 0.5) is 9.59 Å². The molecule has 0 spiro atoms. The van der Waals surface area contributed by atoms with Gasteiger partial charge in [-0.2, -0.15) is 10.2 Å². The van der Waals surface area contributed by atoms with Crippen molar-refractivity contribution in [2.45, 2.75) is 71.2 Å². The lowest BCUT2D eigenvalue weighted by molar-refractivity contribution is -0.143.